The van der Waals surface area contributed by atoms with Crippen LogP contribution in [0.4, 0.5) is 0 Å². The lowest BCUT2D eigenvalue weighted by Gasteiger charge is -2.23. The molecule has 25 heavy (non-hydrogen) atoms. The van der Waals surface area contributed by atoms with Gasteiger partial charge in [0, 0.05) is 16.5 Å². The van der Waals surface area contributed by atoms with E-state index in [1.165, 1.54) is 0 Å². The van der Waals surface area contributed by atoms with E-state index < -0.39 is 0 Å². The van der Waals surface area contributed by atoms with Crippen LogP contribution in [0.25, 0.3) is 5.69 Å². The van der Waals surface area contributed by atoms with E-state index in [0.29, 0.717) is 16.5 Å². The van der Waals surface area contributed by atoms with Crippen molar-refractivity contribution < 1.29 is 4.79 Å². The summed E-state index contributed by atoms with van der Waals surface area (Å²) < 4.78 is 1.88. The number of ketones is 1. The lowest BCUT2D eigenvalue weighted by atomic mass is 9.81. The number of aromatic nitrogens is 2. The number of nitrogens with zero attached hydrogens (tertiary/aromatic N) is 2. The van der Waals surface area contributed by atoms with Crippen LogP contribution >= 0.6 is 23.2 Å². The first kappa shape index (κ1) is 16.4. The maximum atomic E-state index is 12.8. The fraction of sp³-hybridized carbons (Fsp3) is 0.200. The topological polar surface area (TPSA) is 34.9 Å². The predicted molar refractivity (Wildman–Crippen MR) is 100 cm³/mol. The molecule has 1 aromatic heterocycles. The Morgan fingerprint density at radius 1 is 0.960 bits per heavy atom. The molecule has 0 N–H and O–H groups in total. The van der Waals surface area contributed by atoms with Crippen LogP contribution in [0.15, 0.2) is 48.5 Å². The molecule has 0 spiro atoms. The van der Waals surface area contributed by atoms with E-state index in [1.54, 1.807) is 0 Å². The highest BCUT2D eigenvalue weighted by molar-refractivity contribution is 6.30. The molecular weight excluding hydrogens is 355 g/mol. The van der Waals surface area contributed by atoms with Gasteiger partial charge in [-0.25, -0.2) is 4.68 Å². The number of Topliss-reactive ketones (excluding diaryl/α,β-unsaturated/α-hetero) is 1. The van der Waals surface area contributed by atoms with Crippen molar-refractivity contribution in [3.63, 3.8) is 0 Å². The Morgan fingerprint density at radius 3 is 2.20 bits per heavy atom. The standard InChI is InChI=1S/C20H16Cl2N2O/c1-12-20-18(24(23-12)17-8-6-16(22)7-9-17)10-14(11-19(20)25)13-2-4-15(21)5-3-13/h2-9,14H,10-11H2,1H3. The third-order valence-corrected chi connectivity index (χ3v) is 5.22. The van der Waals surface area contributed by atoms with E-state index >= 15 is 0 Å². The molecular formula is C20H16Cl2N2O. The van der Waals surface area contributed by atoms with E-state index in [1.807, 2.05) is 60.1 Å². The van der Waals surface area contributed by atoms with Gasteiger partial charge in [-0.2, -0.15) is 5.10 Å². The van der Waals surface area contributed by atoms with Crippen molar-refractivity contribution in [3.05, 3.63) is 81.1 Å². The van der Waals surface area contributed by atoms with Crippen LogP contribution in [-0.2, 0) is 6.42 Å². The van der Waals surface area contributed by atoms with Crippen molar-refractivity contribution in [2.24, 2.45) is 0 Å². The molecule has 0 saturated heterocycles. The number of aryl methyl sites for hydroxylation is 1. The Labute approximate surface area is 156 Å². The number of fused-ring (bicyclic) bond motifs is 1. The molecule has 3 nitrogen and oxygen atoms in total. The number of benzene rings is 2. The van der Waals surface area contributed by atoms with Crippen molar-refractivity contribution >= 4 is 29.0 Å². The molecule has 1 unspecified atom stereocenters. The molecule has 1 aliphatic rings. The number of hydrogen-bond acceptors (Lipinski definition) is 2. The maximum absolute atomic E-state index is 12.8. The highest BCUT2D eigenvalue weighted by Gasteiger charge is 2.32. The summed E-state index contributed by atoms with van der Waals surface area (Å²) >= 11 is 12.0. The fourth-order valence-corrected chi connectivity index (χ4v) is 3.78. The lowest BCUT2D eigenvalue weighted by Crippen LogP contribution is -2.20. The zero-order valence-electron chi connectivity index (χ0n) is 13.7. The fourth-order valence-electron chi connectivity index (χ4n) is 3.52. The van der Waals surface area contributed by atoms with E-state index in [-0.39, 0.29) is 11.7 Å². The van der Waals surface area contributed by atoms with Crippen molar-refractivity contribution in [3.8, 4) is 5.69 Å². The van der Waals surface area contributed by atoms with Gasteiger partial charge in [0.15, 0.2) is 5.78 Å². The van der Waals surface area contributed by atoms with Gasteiger partial charge in [0.2, 0.25) is 0 Å². The third-order valence-electron chi connectivity index (χ3n) is 4.72. The first-order valence-corrected chi connectivity index (χ1v) is 8.91. The van der Waals surface area contributed by atoms with Crippen LogP contribution < -0.4 is 0 Å². The second kappa shape index (κ2) is 6.32. The largest absolute Gasteiger partial charge is 0.294 e. The summed E-state index contributed by atoms with van der Waals surface area (Å²) in [4.78, 5) is 12.8. The van der Waals surface area contributed by atoms with Gasteiger partial charge in [-0.3, -0.25) is 4.79 Å². The average Bonchev–Trinajstić information content (AvgIpc) is 2.93. The molecule has 126 valence electrons. The van der Waals surface area contributed by atoms with Gasteiger partial charge in [0.05, 0.1) is 22.6 Å². The second-order valence-corrected chi connectivity index (χ2v) is 7.25. The summed E-state index contributed by atoms with van der Waals surface area (Å²) in [6, 6.07) is 15.3. The zero-order valence-corrected chi connectivity index (χ0v) is 15.2. The molecule has 4 rings (SSSR count). The summed E-state index contributed by atoms with van der Waals surface area (Å²) in [5.74, 6) is 0.290. The number of carbonyl (C=O) groups excluding carboxylic acids is 1. The van der Waals surface area contributed by atoms with Gasteiger partial charge in [0.25, 0.3) is 0 Å². The first-order chi connectivity index (χ1) is 12.0. The van der Waals surface area contributed by atoms with Crippen LogP contribution in [-0.4, -0.2) is 15.6 Å². The summed E-state index contributed by atoms with van der Waals surface area (Å²) in [6.45, 7) is 1.89. The van der Waals surface area contributed by atoms with Gasteiger partial charge in [-0.1, -0.05) is 35.3 Å². The Hall–Kier alpha value is -2.10. The van der Waals surface area contributed by atoms with Gasteiger partial charge in [0.1, 0.15) is 0 Å². The second-order valence-electron chi connectivity index (χ2n) is 6.38. The molecule has 0 amide bonds. The van der Waals surface area contributed by atoms with E-state index in [9.17, 15) is 4.79 Å². The van der Waals surface area contributed by atoms with Crippen LogP contribution in [0.5, 0.6) is 0 Å². The van der Waals surface area contributed by atoms with Crippen LogP contribution in [0.3, 0.4) is 0 Å². The maximum Gasteiger partial charge on any atom is 0.167 e. The van der Waals surface area contributed by atoms with Gasteiger partial charge in [-0.05, 0) is 61.2 Å². The molecule has 0 bridgehead atoms. The molecule has 0 aliphatic heterocycles. The molecule has 0 saturated carbocycles. The minimum absolute atomic E-state index is 0.138. The van der Waals surface area contributed by atoms with Crippen molar-refractivity contribution in [1.82, 2.24) is 9.78 Å². The van der Waals surface area contributed by atoms with E-state index in [2.05, 4.69) is 5.10 Å². The zero-order chi connectivity index (χ0) is 17.6. The number of carbonyl (C=O) groups is 1. The Bertz CT molecular complexity index is 943. The smallest absolute Gasteiger partial charge is 0.167 e. The number of halogens is 2. The van der Waals surface area contributed by atoms with Crippen LogP contribution in [0.1, 0.15) is 39.6 Å². The van der Waals surface area contributed by atoms with Gasteiger partial charge >= 0.3 is 0 Å². The quantitative estimate of drug-likeness (QED) is 0.605. The SMILES string of the molecule is Cc1nn(-c2ccc(Cl)cc2)c2c1C(=O)CC(c1ccc(Cl)cc1)C2. The highest BCUT2D eigenvalue weighted by atomic mass is 35.5. The predicted octanol–water partition coefficient (Wildman–Crippen LogP) is 5.40. The molecule has 3 aromatic rings. The lowest BCUT2D eigenvalue weighted by molar-refractivity contribution is 0.0963. The summed E-state index contributed by atoms with van der Waals surface area (Å²) in [7, 11) is 0. The molecule has 0 radical (unpaired) electrons. The number of hydrogen-bond donors (Lipinski definition) is 0. The summed E-state index contributed by atoms with van der Waals surface area (Å²) in [5.41, 5.74) is 4.56. The minimum atomic E-state index is 0.138. The van der Waals surface area contributed by atoms with Crippen molar-refractivity contribution in [2.75, 3.05) is 0 Å². The Morgan fingerprint density at radius 2 is 1.56 bits per heavy atom. The molecule has 1 atom stereocenters. The van der Waals surface area contributed by atoms with Crippen molar-refractivity contribution in [1.29, 1.82) is 0 Å². The Kier molecular flexibility index (Phi) is 4.14. The van der Waals surface area contributed by atoms with Crippen LogP contribution in [0.2, 0.25) is 10.0 Å². The normalized spacial score (nSPS) is 16.8. The molecule has 5 heteroatoms. The summed E-state index contributed by atoms with van der Waals surface area (Å²) in [6.07, 6.45) is 1.27. The van der Waals surface area contributed by atoms with Gasteiger partial charge < -0.3 is 0 Å². The molecule has 1 heterocycles. The average molecular weight is 371 g/mol. The van der Waals surface area contributed by atoms with E-state index in [4.69, 9.17) is 23.2 Å². The first-order valence-electron chi connectivity index (χ1n) is 8.16. The summed E-state index contributed by atoms with van der Waals surface area (Å²) in [5, 5.41) is 6.00. The molecule has 2 aromatic carbocycles. The third kappa shape index (κ3) is 2.99. The Balaban J connectivity index is 1.78. The van der Waals surface area contributed by atoms with Gasteiger partial charge in [-0.15, -0.1) is 0 Å². The van der Waals surface area contributed by atoms with E-state index in [0.717, 1.165) is 34.6 Å². The molecule has 1 aliphatic carbocycles. The highest BCUT2D eigenvalue weighted by Crippen LogP contribution is 2.35. The van der Waals surface area contributed by atoms with Crippen LogP contribution in [0, 0.1) is 6.92 Å². The minimum Gasteiger partial charge on any atom is -0.294 e. The number of rotatable bonds is 2. The van der Waals surface area contributed by atoms with Crippen molar-refractivity contribution in [2.45, 2.75) is 25.7 Å². The molecule has 0 fully saturated rings. The monoisotopic (exact) mass is 370 g/mol.